The SMILES string of the molecule is CCOc1cc(C(=O)Nc2ccc(Cc3ccc(NC(=O)c4cc(OCC)c(OCC)c(OCC)c4)cc3)cc2)cc(OCC)c1OCC. The van der Waals surface area contributed by atoms with E-state index < -0.39 is 0 Å². The molecule has 0 saturated heterocycles. The van der Waals surface area contributed by atoms with Crippen LogP contribution in [0.5, 0.6) is 34.5 Å². The van der Waals surface area contributed by atoms with E-state index in [0.717, 1.165) is 11.1 Å². The van der Waals surface area contributed by atoms with Crippen molar-refractivity contribution < 1.29 is 38.0 Å². The molecule has 2 N–H and O–H groups in total. The Morgan fingerprint density at radius 1 is 0.449 bits per heavy atom. The third-order valence-corrected chi connectivity index (χ3v) is 7.17. The molecule has 4 aromatic rings. The van der Waals surface area contributed by atoms with Crippen LogP contribution >= 0.6 is 0 Å². The fourth-order valence-corrected chi connectivity index (χ4v) is 5.09. The summed E-state index contributed by atoms with van der Waals surface area (Å²) < 4.78 is 34.5. The van der Waals surface area contributed by atoms with Crippen molar-refractivity contribution in [2.75, 3.05) is 50.3 Å². The van der Waals surface area contributed by atoms with Gasteiger partial charge in [-0.2, -0.15) is 0 Å². The van der Waals surface area contributed by atoms with Gasteiger partial charge >= 0.3 is 0 Å². The molecule has 260 valence electrons. The normalized spacial score (nSPS) is 10.6. The summed E-state index contributed by atoms with van der Waals surface area (Å²) >= 11 is 0. The molecule has 0 aromatic heterocycles. The van der Waals surface area contributed by atoms with Crippen molar-refractivity contribution in [3.05, 3.63) is 95.1 Å². The first kappa shape index (κ1) is 36.5. The molecule has 2 amide bonds. The van der Waals surface area contributed by atoms with Crippen LogP contribution in [0.3, 0.4) is 0 Å². The summed E-state index contributed by atoms with van der Waals surface area (Å²) in [4.78, 5) is 26.4. The molecule has 0 fully saturated rings. The average molecular weight is 671 g/mol. The molecule has 0 heterocycles. The lowest BCUT2D eigenvalue weighted by atomic mass is 10.0. The van der Waals surface area contributed by atoms with Gasteiger partial charge in [-0.15, -0.1) is 0 Å². The number of hydrogen-bond acceptors (Lipinski definition) is 8. The summed E-state index contributed by atoms with van der Waals surface area (Å²) in [5.74, 6) is 2.25. The molecule has 10 heteroatoms. The summed E-state index contributed by atoms with van der Waals surface area (Å²) in [5, 5.41) is 5.91. The van der Waals surface area contributed by atoms with Crippen LogP contribution in [0.25, 0.3) is 0 Å². The Bertz CT molecular complexity index is 1510. The van der Waals surface area contributed by atoms with E-state index in [4.69, 9.17) is 28.4 Å². The Hall–Kier alpha value is -5.38. The summed E-state index contributed by atoms with van der Waals surface area (Å²) in [6.45, 7) is 13.8. The van der Waals surface area contributed by atoms with Crippen LogP contribution in [0.15, 0.2) is 72.8 Å². The van der Waals surface area contributed by atoms with Crippen LogP contribution in [0.2, 0.25) is 0 Å². The number of ether oxygens (including phenoxy) is 6. The Morgan fingerprint density at radius 2 is 0.735 bits per heavy atom. The molecule has 0 radical (unpaired) electrons. The van der Waals surface area contributed by atoms with Gasteiger partial charge in [0.15, 0.2) is 23.0 Å². The van der Waals surface area contributed by atoms with Crippen LogP contribution in [-0.4, -0.2) is 51.5 Å². The molecule has 49 heavy (non-hydrogen) atoms. The zero-order chi connectivity index (χ0) is 35.2. The third kappa shape index (κ3) is 9.82. The van der Waals surface area contributed by atoms with Crippen LogP contribution < -0.4 is 39.1 Å². The molecule has 0 spiro atoms. The van der Waals surface area contributed by atoms with Crippen molar-refractivity contribution in [3.63, 3.8) is 0 Å². The largest absolute Gasteiger partial charge is 0.490 e. The maximum Gasteiger partial charge on any atom is 0.255 e. The molecule has 4 aromatic carbocycles. The van der Waals surface area contributed by atoms with Crippen molar-refractivity contribution in [2.24, 2.45) is 0 Å². The maximum atomic E-state index is 13.2. The summed E-state index contributed by atoms with van der Waals surface area (Å²) in [6, 6.07) is 22.0. The van der Waals surface area contributed by atoms with Crippen LogP contribution in [0.1, 0.15) is 73.4 Å². The summed E-state index contributed by atoms with van der Waals surface area (Å²) in [6.07, 6.45) is 0.672. The van der Waals surface area contributed by atoms with Gasteiger partial charge in [-0.25, -0.2) is 0 Å². The van der Waals surface area contributed by atoms with E-state index in [0.29, 0.717) is 103 Å². The van der Waals surface area contributed by atoms with Gasteiger partial charge in [0, 0.05) is 22.5 Å². The molecular formula is C39H46N2O8. The van der Waals surface area contributed by atoms with Crippen LogP contribution in [0, 0.1) is 0 Å². The highest BCUT2D eigenvalue weighted by molar-refractivity contribution is 6.05. The molecule has 4 rings (SSSR count). The number of benzene rings is 4. The molecule has 0 atom stereocenters. The summed E-state index contributed by atoms with van der Waals surface area (Å²) in [5.41, 5.74) is 4.25. The predicted molar refractivity (Wildman–Crippen MR) is 191 cm³/mol. The Balaban J connectivity index is 1.40. The molecule has 0 aliphatic rings. The van der Waals surface area contributed by atoms with E-state index >= 15 is 0 Å². The second-order valence-corrected chi connectivity index (χ2v) is 10.7. The van der Waals surface area contributed by atoms with Gasteiger partial charge in [0.25, 0.3) is 11.8 Å². The molecular weight excluding hydrogens is 624 g/mol. The van der Waals surface area contributed by atoms with Gasteiger partial charge in [0.2, 0.25) is 11.5 Å². The zero-order valence-corrected chi connectivity index (χ0v) is 29.1. The Kier molecular flexibility index (Phi) is 13.6. The monoisotopic (exact) mass is 670 g/mol. The Morgan fingerprint density at radius 3 is 1.00 bits per heavy atom. The maximum absolute atomic E-state index is 13.2. The lowest BCUT2D eigenvalue weighted by molar-refractivity contribution is 0.101. The fraction of sp³-hybridized carbons (Fsp3) is 0.333. The zero-order valence-electron chi connectivity index (χ0n) is 29.1. The molecule has 0 aliphatic carbocycles. The number of anilines is 2. The van der Waals surface area contributed by atoms with Crippen molar-refractivity contribution in [3.8, 4) is 34.5 Å². The highest BCUT2D eigenvalue weighted by Gasteiger charge is 2.20. The lowest BCUT2D eigenvalue weighted by Crippen LogP contribution is -2.13. The minimum Gasteiger partial charge on any atom is -0.490 e. The average Bonchev–Trinajstić information content (AvgIpc) is 3.09. The number of nitrogens with one attached hydrogen (secondary N) is 2. The van der Waals surface area contributed by atoms with Crippen LogP contribution in [-0.2, 0) is 6.42 Å². The van der Waals surface area contributed by atoms with Crippen molar-refractivity contribution in [1.29, 1.82) is 0 Å². The van der Waals surface area contributed by atoms with E-state index in [9.17, 15) is 9.59 Å². The van der Waals surface area contributed by atoms with Gasteiger partial charge in [-0.1, -0.05) is 24.3 Å². The highest BCUT2D eigenvalue weighted by atomic mass is 16.5. The standard InChI is InChI=1S/C39H46N2O8/c1-7-44-32-22-28(23-33(45-8-2)36(32)48-11-5)38(42)40-30-17-13-26(14-18-30)21-27-15-19-31(20-16-27)41-39(43)29-24-34(46-9-3)37(49-12-6)35(25-29)47-10-4/h13-20,22-25H,7-12,21H2,1-6H3,(H,40,42)(H,41,43). The van der Waals surface area contributed by atoms with Gasteiger partial charge in [-0.3, -0.25) is 9.59 Å². The first-order valence-corrected chi connectivity index (χ1v) is 16.8. The second kappa shape index (κ2) is 18.2. The van der Waals surface area contributed by atoms with Crippen molar-refractivity contribution >= 4 is 23.2 Å². The quantitative estimate of drug-likeness (QED) is 0.109. The van der Waals surface area contributed by atoms with E-state index in [1.807, 2.05) is 90.1 Å². The van der Waals surface area contributed by atoms with E-state index in [-0.39, 0.29) is 11.8 Å². The predicted octanol–water partition coefficient (Wildman–Crippen LogP) is 8.17. The van der Waals surface area contributed by atoms with Gasteiger partial charge in [0.1, 0.15) is 0 Å². The molecule has 0 saturated carbocycles. The molecule has 0 aliphatic heterocycles. The van der Waals surface area contributed by atoms with Gasteiger partial charge in [0.05, 0.1) is 39.6 Å². The van der Waals surface area contributed by atoms with Gasteiger partial charge < -0.3 is 39.1 Å². The molecule has 10 nitrogen and oxygen atoms in total. The highest BCUT2D eigenvalue weighted by Crippen LogP contribution is 2.40. The first-order valence-electron chi connectivity index (χ1n) is 16.8. The van der Waals surface area contributed by atoms with E-state index in [1.54, 1.807) is 24.3 Å². The Labute approximate surface area is 288 Å². The lowest BCUT2D eigenvalue weighted by Gasteiger charge is -2.17. The number of carbonyl (C=O) groups excluding carboxylic acids is 2. The smallest absolute Gasteiger partial charge is 0.255 e. The minimum absolute atomic E-state index is 0.288. The van der Waals surface area contributed by atoms with Crippen molar-refractivity contribution in [2.45, 2.75) is 48.0 Å². The van der Waals surface area contributed by atoms with Crippen LogP contribution in [0.4, 0.5) is 11.4 Å². The van der Waals surface area contributed by atoms with Crippen molar-refractivity contribution in [1.82, 2.24) is 0 Å². The number of rotatable bonds is 18. The number of carbonyl (C=O) groups is 2. The molecule has 0 bridgehead atoms. The van der Waals surface area contributed by atoms with E-state index in [1.165, 1.54) is 0 Å². The topological polar surface area (TPSA) is 114 Å². The fourth-order valence-electron chi connectivity index (χ4n) is 5.09. The van der Waals surface area contributed by atoms with Gasteiger partial charge in [-0.05, 0) is 108 Å². The molecule has 0 unspecified atom stereocenters. The minimum atomic E-state index is -0.288. The third-order valence-electron chi connectivity index (χ3n) is 7.17. The first-order chi connectivity index (χ1) is 23.8. The number of hydrogen-bond donors (Lipinski definition) is 2. The van der Waals surface area contributed by atoms with E-state index in [2.05, 4.69) is 10.6 Å². The number of amides is 2. The summed E-state index contributed by atoms with van der Waals surface area (Å²) in [7, 11) is 0. The second-order valence-electron chi connectivity index (χ2n) is 10.7.